The number of nitrogens with zero attached hydrogens (tertiary/aromatic N) is 1. The highest BCUT2D eigenvalue weighted by molar-refractivity contribution is 9.10. The summed E-state index contributed by atoms with van der Waals surface area (Å²) in [4.78, 5) is 3.50. The van der Waals surface area contributed by atoms with Gasteiger partial charge in [-0.05, 0) is 40.2 Å². The van der Waals surface area contributed by atoms with Crippen LogP contribution in [-0.2, 0) is 10.0 Å². The number of sulfonamides is 1. The molecule has 1 aromatic carbocycles. The third-order valence-electron chi connectivity index (χ3n) is 2.28. The highest BCUT2D eigenvalue weighted by atomic mass is 79.9. The van der Waals surface area contributed by atoms with Gasteiger partial charge in [0, 0.05) is 12.4 Å². The van der Waals surface area contributed by atoms with Gasteiger partial charge in [0.15, 0.2) is 0 Å². The number of rotatable bonds is 3. The Morgan fingerprint density at radius 2 is 2.05 bits per heavy atom. The van der Waals surface area contributed by atoms with E-state index >= 15 is 0 Å². The maximum absolute atomic E-state index is 13.1. The number of nitrogens with one attached hydrogen (secondary N) is 1. The summed E-state index contributed by atoms with van der Waals surface area (Å²) < 4.78 is 40.2. The molecule has 1 aromatic heterocycles. The molecule has 0 aliphatic rings. The summed E-state index contributed by atoms with van der Waals surface area (Å²) in [6, 6.07) is 4.63. The van der Waals surface area contributed by atoms with E-state index in [1.54, 1.807) is 0 Å². The molecule has 0 aliphatic heterocycles. The van der Waals surface area contributed by atoms with Gasteiger partial charge in [-0.2, -0.15) is 0 Å². The third kappa shape index (κ3) is 3.02. The number of hydrogen-bond acceptors (Lipinski definition) is 4. The van der Waals surface area contributed by atoms with E-state index < -0.39 is 15.8 Å². The van der Waals surface area contributed by atoms with Crippen LogP contribution in [0, 0.1) is 5.82 Å². The second-order valence-corrected chi connectivity index (χ2v) is 6.15. The molecule has 5 nitrogen and oxygen atoms in total. The minimum Gasteiger partial charge on any atom is -0.398 e. The van der Waals surface area contributed by atoms with E-state index in [4.69, 9.17) is 5.73 Å². The molecule has 0 spiro atoms. The molecule has 1 heterocycles. The standard InChI is InChI=1S/C11H9BrFN3O2S/c12-8-6-15-4-3-10(8)16-19(17,18)11-5-7(13)1-2-9(11)14/h1-6H,14H2,(H,15,16). The SMILES string of the molecule is Nc1ccc(F)cc1S(=O)(=O)Nc1ccncc1Br. The highest BCUT2D eigenvalue weighted by Crippen LogP contribution is 2.26. The van der Waals surface area contributed by atoms with Crippen LogP contribution in [0.1, 0.15) is 0 Å². The molecule has 100 valence electrons. The zero-order valence-corrected chi connectivity index (χ0v) is 11.9. The van der Waals surface area contributed by atoms with Crippen molar-refractivity contribution in [1.29, 1.82) is 0 Å². The molecule has 0 fully saturated rings. The average molecular weight is 346 g/mol. The van der Waals surface area contributed by atoms with E-state index in [1.807, 2.05) is 0 Å². The van der Waals surface area contributed by atoms with Crippen molar-refractivity contribution in [2.45, 2.75) is 4.90 Å². The molecule has 3 N–H and O–H groups in total. The Hall–Kier alpha value is -1.67. The second-order valence-electron chi connectivity index (χ2n) is 3.64. The molecule has 0 saturated heterocycles. The Morgan fingerprint density at radius 1 is 1.32 bits per heavy atom. The van der Waals surface area contributed by atoms with Crippen LogP contribution in [0.3, 0.4) is 0 Å². The Bertz CT molecular complexity index is 722. The Kier molecular flexibility index (Phi) is 3.72. The van der Waals surface area contributed by atoms with Crippen molar-refractivity contribution in [1.82, 2.24) is 4.98 Å². The first-order valence-corrected chi connectivity index (χ1v) is 7.35. The zero-order chi connectivity index (χ0) is 14.0. The number of benzene rings is 1. The van der Waals surface area contributed by atoms with E-state index in [0.29, 0.717) is 10.2 Å². The Morgan fingerprint density at radius 3 is 2.74 bits per heavy atom. The summed E-state index contributed by atoms with van der Waals surface area (Å²) in [6.45, 7) is 0. The van der Waals surface area contributed by atoms with Crippen molar-refractivity contribution in [2.24, 2.45) is 0 Å². The van der Waals surface area contributed by atoms with Crippen molar-refractivity contribution in [3.63, 3.8) is 0 Å². The van der Waals surface area contributed by atoms with Crippen LogP contribution in [0.15, 0.2) is 46.0 Å². The lowest BCUT2D eigenvalue weighted by Crippen LogP contribution is -2.15. The molecule has 19 heavy (non-hydrogen) atoms. The Balaban J connectivity index is 2.44. The second kappa shape index (κ2) is 5.14. The summed E-state index contributed by atoms with van der Waals surface area (Å²) in [5.41, 5.74) is 5.82. The number of nitrogen functional groups attached to an aromatic ring is 1. The molecule has 0 bridgehead atoms. The van der Waals surface area contributed by atoms with Gasteiger partial charge in [-0.15, -0.1) is 0 Å². The first kappa shape index (κ1) is 13.8. The predicted molar refractivity (Wildman–Crippen MR) is 73.6 cm³/mol. The molecular formula is C11H9BrFN3O2S. The van der Waals surface area contributed by atoms with Crippen molar-refractivity contribution in [3.05, 3.63) is 46.9 Å². The smallest absolute Gasteiger partial charge is 0.264 e. The maximum atomic E-state index is 13.1. The van der Waals surface area contributed by atoms with E-state index in [2.05, 4.69) is 25.6 Å². The lowest BCUT2D eigenvalue weighted by molar-refractivity contribution is 0.596. The van der Waals surface area contributed by atoms with Gasteiger partial charge >= 0.3 is 0 Å². The average Bonchev–Trinajstić information content (AvgIpc) is 2.35. The van der Waals surface area contributed by atoms with Gasteiger partial charge < -0.3 is 5.73 Å². The van der Waals surface area contributed by atoms with Crippen LogP contribution >= 0.6 is 15.9 Å². The molecule has 0 atom stereocenters. The number of nitrogens with two attached hydrogens (primary N) is 1. The van der Waals surface area contributed by atoms with Crippen LogP contribution in [0.4, 0.5) is 15.8 Å². The van der Waals surface area contributed by atoms with E-state index in [-0.39, 0.29) is 10.6 Å². The normalized spacial score (nSPS) is 11.3. The van der Waals surface area contributed by atoms with Crippen molar-refractivity contribution < 1.29 is 12.8 Å². The fraction of sp³-hybridized carbons (Fsp3) is 0. The third-order valence-corrected chi connectivity index (χ3v) is 4.34. The van der Waals surface area contributed by atoms with E-state index in [1.165, 1.54) is 24.5 Å². The summed E-state index contributed by atoms with van der Waals surface area (Å²) in [7, 11) is -3.96. The number of halogens is 2. The lowest BCUT2D eigenvalue weighted by Gasteiger charge is -2.11. The van der Waals surface area contributed by atoms with E-state index in [0.717, 1.165) is 12.1 Å². The molecule has 2 rings (SSSR count). The molecule has 0 radical (unpaired) electrons. The van der Waals surface area contributed by atoms with Gasteiger partial charge in [0.2, 0.25) is 0 Å². The van der Waals surface area contributed by atoms with Gasteiger partial charge in [0.05, 0.1) is 15.8 Å². The van der Waals surface area contributed by atoms with Crippen LogP contribution in [0.2, 0.25) is 0 Å². The van der Waals surface area contributed by atoms with Crippen molar-refractivity contribution in [2.75, 3.05) is 10.5 Å². The molecule has 0 amide bonds. The summed E-state index contributed by atoms with van der Waals surface area (Å²) in [6.07, 6.45) is 2.87. The Labute approximate surface area is 117 Å². The monoisotopic (exact) mass is 345 g/mol. The van der Waals surface area contributed by atoms with E-state index in [9.17, 15) is 12.8 Å². The van der Waals surface area contributed by atoms with Crippen LogP contribution < -0.4 is 10.5 Å². The van der Waals surface area contributed by atoms with Crippen molar-refractivity contribution >= 4 is 37.3 Å². The fourth-order valence-corrected chi connectivity index (χ4v) is 3.10. The number of anilines is 2. The van der Waals surface area contributed by atoms with Crippen LogP contribution in [0.25, 0.3) is 0 Å². The van der Waals surface area contributed by atoms with Crippen LogP contribution in [-0.4, -0.2) is 13.4 Å². The molecule has 0 saturated carbocycles. The largest absolute Gasteiger partial charge is 0.398 e. The molecule has 2 aromatic rings. The summed E-state index contributed by atoms with van der Waals surface area (Å²) in [5, 5.41) is 0. The van der Waals surface area contributed by atoms with Gasteiger partial charge in [0.1, 0.15) is 10.7 Å². The minimum atomic E-state index is -3.96. The van der Waals surface area contributed by atoms with Crippen molar-refractivity contribution in [3.8, 4) is 0 Å². The molecule has 0 unspecified atom stereocenters. The van der Waals surface area contributed by atoms with Gasteiger partial charge in [-0.25, -0.2) is 12.8 Å². The topological polar surface area (TPSA) is 85.1 Å². The summed E-state index contributed by atoms with van der Waals surface area (Å²) in [5.74, 6) is -0.677. The van der Waals surface area contributed by atoms with Crippen LogP contribution in [0.5, 0.6) is 0 Å². The van der Waals surface area contributed by atoms with Gasteiger partial charge in [-0.1, -0.05) is 0 Å². The fourth-order valence-electron chi connectivity index (χ4n) is 1.40. The predicted octanol–water partition coefficient (Wildman–Crippen LogP) is 2.37. The maximum Gasteiger partial charge on any atom is 0.264 e. The van der Waals surface area contributed by atoms with Gasteiger partial charge in [0.25, 0.3) is 10.0 Å². The molecular weight excluding hydrogens is 337 g/mol. The number of hydrogen-bond donors (Lipinski definition) is 2. The highest BCUT2D eigenvalue weighted by Gasteiger charge is 2.19. The van der Waals surface area contributed by atoms with Gasteiger partial charge in [-0.3, -0.25) is 9.71 Å². The lowest BCUT2D eigenvalue weighted by atomic mass is 10.3. The number of pyridine rings is 1. The summed E-state index contributed by atoms with van der Waals surface area (Å²) >= 11 is 3.16. The quantitative estimate of drug-likeness (QED) is 0.836. The number of aromatic nitrogens is 1. The molecule has 0 aliphatic carbocycles. The zero-order valence-electron chi connectivity index (χ0n) is 9.47. The first-order valence-electron chi connectivity index (χ1n) is 5.07. The first-order chi connectivity index (χ1) is 8.90. The molecule has 8 heteroatoms. The minimum absolute atomic E-state index is 0.0286.